The van der Waals surface area contributed by atoms with Crippen molar-refractivity contribution in [1.82, 2.24) is 0 Å². The zero-order valence-electron chi connectivity index (χ0n) is 12.5. The highest BCUT2D eigenvalue weighted by molar-refractivity contribution is 5.76. The van der Waals surface area contributed by atoms with Gasteiger partial charge in [-0.15, -0.1) is 0 Å². The van der Waals surface area contributed by atoms with E-state index < -0.39 is 12.0 Å². The molecule has 0 spiro atoms. The van der Waals surface area contributed by atoms with Gasteiger partial charge in [0.05, 0.1) is 6.61 Å². The van der Waals surface area contributed by atoms with Crippen molar-refractivity contribution in [3.8, 4) is 0 Å². The molecule has 0 rings (SSSR count). The maximum atomic E-state index is 11.4. The van der Waals surface area contributed by atoms with Gasteiger partial charge in [0.1, 0.15) is 12.6 Å². The third-order valence-corrected chi connectivity index (χ3v) is 2.45. The highest BCUT2D eigenvalue weighted by atomic mass is 16.6. The Hall–Kier alpha value is -1.10. The second kappa shape index (κ2) is 9.78. The SMILES string of the molecule is CC(C)CCCC(=O)OCC(N)C(=O)OCC(C)C. The summed E-state index contributed by atoms with van der Waals surface area (Å²) in [6.07, 6.45) is 2.15. The molecule has 1 atom stereocenters. The first-order valence-corrected chi connectivity index (χ1v) is 6.90. The summed E-state index contributed by atoms with van der Waals surface area (Å²) in [5, 5.41) is 0. The minimum Gasteiger partial charge on any atom is -0.464 e. The van der Waals surface area contributed by atoms with Crippen molar-refractivity contribution >= 4 is 11.9 Å². The van der Waals surface area contributed by atoms with Crippen LogP contribution in [0.2, 0.25) is 0 Å². The number of hydrogen-bond donors (Lipinski definition) is 1. The molecule has 0 saturated heterocycles. The van der Waals surface area contributed by atoms with Crippen LogP contribution < -0.4 is 5.73 Å². The third-order valence-electron chi connectivity index (χ3n) is 2.45. The predicted molar refractivity (Wildman–Crippen MR) is 73.4 cm³/mol. The lowest BCUT2D eigenvalue weighted by Crippen LogP contribution is -2.38. The maximum absolute atomic E-state index is 11.4. The minimum absolute atomic E-state index is 0.114. The normalized spacial score (nSPS) is 12.6. The number of carbonyl (C=O) groups is 2. The molecule has 0 aliphatic heterocycles. The summed E-state index contributed by atoms with van der Waals surface area (Å²) < 4.78 is 9.90. The van der Waals surface area contributed by atoms with E-state index in [2.05, 4.69) is 13.8 Å². The van der Waals surface area contributed by atoms with Gasteiger partial charge in [-0.25, -0.2) is 0 Å². The fourth-order valence-electron chi connectivity index (χ4n) is 1.33. The van der Waals surface area contributed by atoms with Crippen molar-refractivity contribution in [2.45, 2.75) is 53.0 Å². The van der Waals surface area contributed by atoms with Crippen LogP contribution in [-0.2, 0) is 19.1 Å². The van der Waals surface area contributed by atoms with Crippen molar-refractivity contribution < 1.29 is 19.1 Å². The Morgan fingerprint density at radius 3 is 2.16 bits per heavy atom. The van der Waals surface area contributed by atoms with Crippen LogP contribution in [0.15, 0.2) is 0 Å². The molecule has 2 N–H and O–H groups in total. The van der Waals surface area contributed by atoms with E-state index in [1.54, 1.807) is 0 Å². The van der Waals surface area contributed by atoms with E-state index in [0.29, 0.717) is 18.9 Å². The summed E-state index contributed by atoms with van der Waals surface area (Å²) in [4.78, 5) is 22.8. The summed E-state index contributed by atoms with van der Waals surface area (Å²) in [6, 6.07) is -0.896. The van der Waals surface area contributed by atoms with Crippen LogP contribution in [0, 0.1) is 11.8 Å². The van der Waals surface area contributed by atoms with Gasteiger partial charge in [0.15, 0.2) is 0 Å². The maximum Gasteiger partial charge on any atom is 0.326 e. The highest BCUT2D eigenvalue weighted by Gasteiger charge is 2.17. The van der Waals surface area contributed by atoms with E-state index in [-0.39, 0.29) is 18.5 Å². The molecular formula is C14H27NO4. The summed E-state index contributed by atoms with van der Waals surface area (Å²) in [5.41, 5.74) is 5.58. The molecular weight excluding hydrogens is 246 g/mol. The average Bonchev–Trinajstić information content (AvgIpc) is 2.32. The first-order valence-electron chi connectivity index (χ1n) is 6.90. The first kappa shape index (κ1) is 17.9. The summed E-state index contributed by atoms with van der Waals surface area (Å²) >= 11 is 0. The fraction of sp³-hybridized carbons (Fsp3) is 0.857. The molecule has 1 unspecified atom stereocenters. The van der Waals surface area contributed by atoms with Crippen molar-refractivity contribution in [2.24, 2.45) is 17.6 Å². The number of esters is 2. The molecule has 0 amide bonds. The van der Waals surface area contributed by atoms with Crippen LogP contribution >= 0.6 is 0 Å². The van der Waals surface area contributed by atoms with Gasteiger partial charge in [-0.05, 0) is 18.3 Å². The number of carbonyl (C=O) groups excluding carboxylic acids is 2. The van der Waals surface area contributed by atoms with Gasteiger partial charge in [0.2, 0.25) is 0 Å². The Morgan fingerprint density at radius 1 is 1.00 bits per heavy atom. The molecule has 0 aromatic heterocycles. The molecule has 5 heteroatoms. The lowest BCUT2D eigenvalue weighted by atomic mass is 10.1. The van der Waals surface area contributed by atoms with Gasteiger partial charge in [0, 0.05) is 6.42 Å². The Morgan fingerprint density at radius 2 is 1.63 bits per heavy atom. The van der Waals surface area contributed by atoms with Gasteiger partial charge in [0.25, 0.3) is 0 Å². The molecule has 0 heterocycles. The third kappa shape index (κ3) is 10.5. The fourth-order valence-corrected chi connectivity index (χ4v) is 1.33. The van der Waals surface area contributed by atoms with Gasteiger partial charge in [-0.1, -0.05) is 34.1 Å². The molecule has 0 saturated carbocycles. The lowest BCUT2D eigenvalue weighted by molar-refractivity contribution is -0.151. The van der Waals surface area contributed by atoms with Crippen LogP contribution in [-0.4, -0.2) is 31.2 Å². The molecule has 5 nitrogen and oxygen atoms in total. The number of nitrogens with two attached hydrogens (primary N) is 1. The highest BCUT2D eigenvalue weighted by Crippen LogP contribution is 2.07. The Kier molecular flexibility index (Phi) is 9.21. The molecule has 0 fully saturated rings. The molecule has 0 aromatic rings. The number of ether oxygens (including phenoxy) is 2. The number of rotatable bonds is 9. The quantitative estimate of drug-likeness (QED) is 0.649. The van der Waals surface area contributed by atoms with Gasteiger partial charge < -0.3 is 15.2 Å². The molecule has 112 valence electrons. The van der Waals surface area contributed by atoms with Crippen LogP contribution in [0.4, 0.5) is 0 Å². The van der Waals surface area contributed by atoms with Gasteiger partial charge in [-0.3, -0.25) is 9.59 Å². The van der Waals surface area contributed by atoms with Crippen molar-refractivity contribution in [3.05, 3.63) is 0 Å². The van der Waals surface area contributed by atoms with E-state index in [9.17, 15) is 9.59 Å². The predicted octanol–water partition coefficient (Wildman–Crippen LogP) is 1.88. The monoisotopic (exact) mass is 273 g/mol. The van der Waals surface area contributed by atoms with E-state index >= 15 is 0 Å². The Labute approximate surface area is 115 Å². The van der Waals surface area contributed by atoms with E-state index in [0.717, 1.165) is 12.8 Å². The van der Waals surface area contributed by atoms with Crippen LogP contribution in [0.1, 0.15) is 47.0 Å². The van der Waals surface area contributed by atoms with Crippen LogP contribution in [0.25, 0.3) is 0 Å². The average molecular weight is 273 g/mol. The minimum atomic E-state index is -0.896. The smallest absolute Gasteiger partial charge is 0.326 e. The van der Waals surface area contributed by atoms with E-state index in [1.807, 2.05) is 13.8 Å². The summed E-state index contributed by atoms with van der Waals surface area (Å²) in [7, 11) is 0. The second-order valence-corrected chi connectivity index (χ2v) is 5.60. The van der Waals surface area contributed by atoms with Crippen molar-refractivity contribution in [1.29, 1.82) is 0 Å². The second-order valence-electron chi connectivity index (χ2n) is 5.60. The van der Waals surface area contributed by atoms with Crippen molar-refractivity contribution in [3.63, 3.8) is 0 Å². The molecule has 0 aliphatic carbocycles. The van der Waals surface area contributed by atoms with Gasteiger partial charge in [-0.2, -0.15) is 0 Å². The summed E-state index contributed by atoms with van der Waals surface area (Å²) in [6.45, 7) is 8.30. The van der Waals surface area contributed by atoms with E-state index in [1.165, 1.54) is 0 Å². The van der Waals surface area contributed by atoms with E-state index in [4.69, 9.17) is 15.2 Å². The Balaban J connectivity index is 3.73. The Bertz CT molecular complexity index is 277. The standard InChI is InChI=1S/C14H27NO4/c1-10(2)6-5-7-13(16)18-9-12(15)14(17)19-8-11(3)4/h10-12H,5-9,15H2,1-4H3. The van der Waals surface area contributed by atoms with Crippen LogP contribution in [0.3, 0.4) is 0 Å². The molecule has 0 aromatic carbocycles. The summed E-state index contributed by atoms with van der Waals surface area (Å²) in [5.74, 6) is -0.00718. The molecule has 0 aliphatic rings. The zero-order chi connectivity index (χ0) is 14.8. The topological polar surface area (TPSA) is 78.6 Å². The lowest BCUT2D eigenvalue weighted by Gasteiger charge is -2.13. The van der Waals surface area contributed by atoms with Crippen LogP contribution in [0.5, 0.6) is 0 Å². The molecule has 0 bridgehead atoms. The van der Waals surface area contributed by atoms with Gasteiger partial charge >= 0.3 is 11.9 Å². The largest absolute Gasteiger partial charge is 0.464 e. The van der Waals surface area contributed by atoms with Crippen molar-refractivity contribution in [2.75, 3.05) is 13.2 Å². The first-order chi connectivity index (χ1) is 8.82. The molecule has 19 heavy (non-hydrogen) atoms. The molecule has 0 radical (unpaired) electrons. The zero-order valence-corrected chi connectivity index (χ0v) is 12.5. The number of hydrogen-bond acceptors (Lipinski definition) is 5.